The zero-order chi connectivity index (χ0) is 25.4. The fraction of sp³-hybridized carbons (Fsp3) is 0.182. The minimum Gasteiger partial charge on any atom is -0.507 e. The van der Waals surface area contributed by atoms with Crippen LogP contribution < -0.4 is 4.74 Å². The second kappa shape index (κ2) is 8.76. The number of aliphatic carboxylic acids is 1. The summed E-state index contributed by atoms with van der Waals surface area (Å²) in [7, 11) is 1.33. The van der Waals surface area contributed by atoms with Gasteiger partial charge in [0.2, 0.25) is 0 Å². The Morgan fingerprint density at radius 2 is 1.68 bits per heavy atom. The largest absolute Gasteiger partial charge is 0.507 e. The average molecular weight is 487 g/mol. The number of ether oxygens (including phenoxy) is 1. The van der Waals surface area contributed by atoms with E-state index in [0.717, 1.165) is 6.20 Å². The Morgan fingerprint density at radius 1 is 1.00 bits per heavy atom. The number of nitrogens with zero attached hydrogens (tertiary/aromatic N) is 1. The molecule has 2 aromatic carbocycles. The summed E-state index contributed by atoms with van der Waals surface area (Å²) in [6.07, 6.45) is -8.47. The fourth-order valence-electron chi connectivity index (χ4n) is 3.34. The molecule has 2 N–H and O–H groups in total. The number of aromatic nitrogens is 1. The van der Waals surface area contributed by atoms with Crippen molar-refractivity contribution in [2.24, 2.45) is 0 Å². The smallest absolute Gasteiger partial charge is 0.416 e. The average Bonchev–Trinajstić information content (AvgIpc) is 3.10. The van der Waals surface area contributed by atoms with Crippen LogP contribution in [0.15, 0.2) is 48.7 Å². The molecule has 0 fully saturated rings. The minimum atomic E-state index is -5.08. The van der Waals surface area contributed by atoms with Crippen molar-refractivity contribution in [3.63, 3.8) is 0 Å². The van der Waals surface area contributed by atoms with Crippen molar-refractivity contribution in [2.45, 2.75) is 18.9 Å². The van der Waals surface area contributed by atoms with E-state index in [1.54, 1.807) is 0 Å². The molecule has 0 spiro atoms. The number of aliphatic hydroxyl groups excluding tert-OH is 1. The number of ketones is 1. The van der Waals surface area contributed by atoms with Crippen molar-refractivity contribution in [1.29, 1.82) is 0 Å². The molecule has 0 aliphatic heterocycles. The summed E-state index contributed by atoms with van der Waals surface area (Å²) in [6.45, 7) is -0.546. The molecular formula is C22H15F6NO5. The van der Waals surface area contributed by atoms with Crippen LogP contribution in [0.3, 0.4) is 0 Å². The molecule has 3 aromatic rings. The normalized spacial score (nSPS) is 12.7. The van der Waals surface area contributed by atoms with E-state index in [1.165, 1.54) is 29.9 Å². The molecule has 0 radical (unpaired) electrons. The van der Waals surface area contributed by atoms with Gasteiger partial charge in [-0.25, -0.2) is 4.79 Å². The highest BCUT2D eigenvalue weighted by molar-refractivity contribution is 6.38. The van der Waals surface area contributed by atoms with Crippen molar-refractivity contribution in [2.75, 3.05) is 7.11 Å². The quantitative estimate of drug-likeness (QED) is 0.214. The number of benzene rings is 2. The van der Waals surface area contributed by atoms with E-state index in [4.69, 9.17) is 9.84 Å². The second-order valence-corrected chi connectivity index (χ2v) is 7.12. The molecule has 1 aromatic heterocycles. The van der Waals surface area contributed by atoms with Crippen LogP contribution >= 0.6 is 0 Å². The summed E-state index contributed by atoms with van der Waals surface area (Å²) in [5.74, 6) is -3.77. The van der Waals surface area contributed by atoms with E-state index in [-0.39, 0.29) is 28.3 Å². The number of hydrogen-bond acceptors (Lipinski definition) is 4. The number of hydrogen-bond donors (Lipinski definition) is 2. The van der Waals surface area contributed by atoms with Crippen LogP contribution in [0.5, 0.6) is 5.75 Å². The van der Waals surface area contributed by atoms with Gasteiger partial charge in [-0.15, -0.1) is 0 Å². The predicted octanol–water partition coefficient (Wildman–Crippen LogP) is 5.29. The van der Waals surface area contributed by atoms with Crippen molar-refractivity contribution in [3.05, 3.63) is 70.9 Å². The molecule has 0 saturated carbocycles. The van der Waals surface area contributed by atoms with Crippen molar-refractivity contribution in [3.8, 4) is 5.75 Å². The molecule has 0 amide bonds. The molecular weight excluding hydrogens is 472 g/mol. The molecule has 0 unspecified atom stereocenters. The third-order valence-electron chi connectivity index (χ3n) is 4.93. The van der Waals surface area contributed by atoms with Gasteiger partial charge >= 0.3 is 18.3 Å². The number of fused-ring (bicyclic) bond motifs is 1. The van der Waals surface area contributed by atoms with Crippen molar-refractivity contribution >= 4 is 28.4 Å². The highest BCUT2D eigenvalue weighted by Gasteiger charge is 2.38. The number of alkyl halides is 6. The van der Waals surface area contributed by atoms with Gasteiger partial charge in [0.15, 0.2) is 0 Å². The van der Waals surface area contributed by atoms with Gasteiger partial charge in [0.1, 0.15) is 11.5 Å². The standard InChI is InChI=1S/C22H15F6NO5/c1-34-13-4-5-17-14(7-13)15(18(30)8-19(31)20(32)33)10-29(17)9-11-2-3-12(21(23,24)25)6-16(11)22(26,27)28/h2-8,10,30H,9H2,1H3,(H,32,33)/b18-8-. The van der Waals surface area contributed by atoms with E-state index < -0.39 is 53.1 Å². The van der Waals surface area contributed by atoms with E-state index in [0.29, 0.717) is 18.2 Å². The molecule has 180 valence electrons. The molecule has 6 nitrogen and oxygen atoms in total. The number of carboxylic acids is 1. The van der Waals surface area contributed by atoms with Gasteiger partial charge in [0, 0.05) is 35.3 Å². The third kappa shape index (κ3) is 5.00. The Balaban J connectivity index is 2.18. The number of carbonyl (C=O) groups is 2. The van der Waals surface area contributed by atoms with Gasteiger partial charge in [0.25, 0.3) is 5.78 Å². The van der Waals surface area contributed by atoms with Gasteiger partial charge in [-0.3, -0.25) is 4.79 Å². The van der Waals surface area contributed by atoms with E-state index in [2.05, 4.69) is 0 Å². The molecule has 0 aliphatic rings. The summed E-state index contributed by atoms with van der Waals surface area (Å²) >= 11 is 0. The predicted molar refractivity (Wildman–Crippen MR) is 107 cm³/mol. The zero-order valence-corrected chi connectivity index (χ0v) is 17.2. The Labute approximate surface area is 187 Å². The fourth-order valence-corrected chi connectivity index (χ4v) is 3.34. The van der Waals surface area contributed by atoms with Gasteiger partial charge in [-0.1, -0.05) is 6.07 Å². The first-order chi connectivity index (χ1) is 15.7. The first kappa shape index (κ1) is 24.7. The molecule has 1 heterocycles. The van der Waals surface area contributed by atoms with Crippen LogP contribution in [0.4, 0.5) is 26.3 Å². The van der Waals surface area contributed by atoms with Gasteiger partial charge < -0.3 is 19.5 Å². The molecule has 0 bridgehead atoms. The summed E-state index contributed by atoms with van der Waals surface area (Å²) in [5, 5.41) is 19.3. The maximum atomic E-state index is 13.5. The number of methoxy groups -OCH3 is 1. The number of carboxylic acid groups (broad SMARTS) is 1. The van der Waals surface area contributed by atoms with E-state index in [1.807, 2.05) is 0 Å². The molecule has 0 saturated heterocycles. The highest BCUT2D eigenvalue weighted by atomic mass is 19.4. The Kier molecular flexibility index (Phi) is 6.36. The van der Waals surface area contributed by atoms with Crippen LogP contribution in [0, 0.1) is 0 Å². The number of carbonyl (C=O) groups excluding carboxylic acids is 1. The maximum Gasteiger partial charge on any atom is 0.416 e. The van der Waals surface area contributed by atoms with Gasteiger partial charge in [0.05, 0.1) is 18.2 Å². The number of halogens is 6. The van der Waals surface area contributed by atoms with Crippen LogP contribution in [-0.2, 0) is 28.5 Å². The Hall–Kier alpha value is -3.96. The number of rotatable bonds is 6. The summed E-state index contributed by atoms with van der Waals surface area (Å²) in [6, 6.07) is 5.56. The Bertz CT molecular complexity index is 1300. The van der Waals surface area contributed by atoms with Crippen LogP contribution in [0.25, 0.3) is 16.7 Å². The lowest BCUT2D eigenvalue weighted by Gasteiger charge is -2.17. The molecule has 0 atom stereocenters. The van der Waals surface area contributed by atoms with E-state index in [9.17, 15) is 41.0 Å². The van der Waals surface area contributed by atoms with E-state index >= 15 is 0 Å². The van der Waals surface area contributed by atoms with Gasteiger partial charge in [-0.2, -0.15) is 26.3 Å². The third-order valence-corrected chi connectivity index (χ3v) is 4.93. The molecule has 0 aliphatic carbocycles. The SMILES string of the molecule is COc1ccc2c(c1)c(/C(O)=C/C(=O)C(=O)O)cn2Cc1ccc(C(F)(F)F)cc1C(F)(F)F. The molecule has 3 rings (SSSR count). The lowest BCUT2D eigenvalue weighted by Crippen LogP contribution is -2.15. The first-order valence-corrected chi connectivity index (χ1v) is 9.35. The van der Waals surface area contributed by atoms with Crippen molar-refractivity contribution in [1.82, 2.24) is 4.57 Å². The summed E-state index contributed by atoms with van der Waals surface area (Å²) in [5.41, 5.74) is -3.28. The monoisotopic (exact) mass is 487 g/mol. The summed E-state index contributed by atoms with van der Waals surface area (Å²) in [4.78, 5) is 22.3. The lowest BCUT2D eigenvalue weighted by molar-refractivity contribution is -0.146. The van der Waals surface area contributed by atoms with Crippen molar-refractivity contribution < 1.29 is 50.9 Å². The minimum absolute atomic E-state index is 0.0217. The van der Waals surface area contributed by atoms with Crippen LogP contribution in [0.1, 0.15) is 22.3 Å². The number of aliphatic hydroxyl groups is 1. The molecule has 34 heavy (non-hydrogen) atoms. The van der Waals surface area contributed by atoms with Crippen LogP contribution in [-0.4, -0.2) is 33.6 Å². The maximum absolute atomic E-state index is 13.5. The lowest BCUT2D eigenvalue weighted by atomic mass is 10.0. The second-order valence-electron chi connectivity index (χ2n) is 7.12. The van der Waals surface area contributed by atoms with Crippen LogP contribution in [0.2, 0.25) is 0 Å². The van der Waals surface area contributed by atoms with Gasteiger partial charge in [-0.05, 0) is 35.9 Å². The Morgan fingerprint density at radius 3 is 2.24 bits per heavy atom. The summed E-state index contributed by atoms with van der Waals surface area (Å²) < 4.78 is 85.8. The first-order valence-electron chi connectivity index (χ1n) is 9.35. The molecule has 12 heteroatoms. The zero-order valence-electron chi connectivity index (χ0n) is 17.2. The topological polar surface area (TPSA) is 88.8 Å². The highest BCUT2D eigenvalue weighted by Crippen LogP contribution is 2.38.